The van der Waals surface area contributed by atoms with Crippen molar-refractivity contribution in [3.63, 3.8) is 0 Å². The fraction of sp³-hybridized carbons (Fsp3) is 0.600. The number of carbonyl (C=O) groups is 1. The third kappa shape index (κ3) is 7.81. The number of nitrogens with zero attached hydrogens (tertiary/aromatic N) is 3. The predicted octanol–water partition coefficient (Wildman–Crippen LogP) is 2.84. The highest BCUT2D eigenvalue weighted by molar-refractivity contribution is 14.0. The van der Waals surface area contributed by atoms with Gasteiger partial charge in [-0.1, -0.05) is 25.5 Å². The van der Waals surface area contributed by atoms with Crippen LogP contribution >= 0.6 is 24.0 Å². The van der Waals surface area contributed by atoms with E-state index in [0.717, 1.165) is 38.8 Å². The summed E-state index contributed by atoms with van der Waals surface area (Å²) >= 11 is 0. The molecule has 1 aromatic carbocycles. The Bertz CT molecular complexity index is 641. The second-order valence-corrected chi connectivity index (χ2v) is 7.11. The van der Waals surface area contributed by atoms with E-state index in [1.165, 1.54) is 11.0 Å². The second kappa shape index (κ2) is 12.8. The molecule has 28 heavy (non-hydrogen) atoms. The molecular weight excluding hydrogens is 472 g/mol. The van der Waals surface area contributed by atoms with Gasteiger partial charge in [0.05, 0.1) is 5.69 Å². The van der Waals surface area contributed by atoms with Crippen LogP contribution in [0.15, 0.2) is 29.3 Å². The van der Waals surface area contributed by atoms with E-state index in [9.17, 15) is 9.18 Å². The molecule has 0 saturated carbocycles. The molecule has 8 heteroatoms. The topological polar surface area (TPSA) is 60.0 Å². The normalized spacial score (nSPS) is 16.9. The van der Waals surface area contributed by atoms with E-state index >= 15 is 0 Å². The monoisotopic (exact) mass is 505 g/mol. The molecule has 1 unspecified atom stereocenters. The van der Waals surface area contributed by atoms with Gasteiger partial charge in [-0.2, -0.15) is 0 Å². The molecule has 1 atom stereocenters. The minimum atomic E-state index is -0.190. The number of piperidine rings is 1. The summed E-state index contributed by atoms with van der Waals surface area (Å²) in [5, 5.41) is 6.74. The molecular formula is C20H33FIN5O. The van der Waals surface area contributed by atoms with Crippen molar-refractivity contribution in [2.24, 2.45) is 4.99 Å². The van der Waals surface area contributed by atoms with Crippen molar-refractivity contribution in [3.8, 4) is 0 Å². The molecule has 1 aliphatic heterocycles. The van der Waals surface area contributed by atoms with E-state index < -0.39 is 0 Å². The zero-order valence-electron chi connectivity index (χ0n) is 17.1. The van der Waals surface area contributed by atoms with Gasteiger partial charge < -0.3 is 20.4 Å². The average molecular weight is 505 g/mol. The minimum absolute atomic E-state index is 0. The van der Waals surface area contributed by atoms with Gasteiger partial charge in [-0.25, -0.2) is 9.38 Å². The molecule has 1 heterocycles. The Morgan fingerprint density at radius 1 is 1.36 bits per heavy atom. The summed E-state index contributed by atoms with van der Waals surface area (Å²) in [6.45, 7) is 4.60. The van der Waals surface area contributed by atoms with E-state index in [0.29, 0.717) is 18.2 Å². The summed E-state index contributed by atoms with van der Waals surface area (Å²) in [5.74, 6) is 0.423. The highest BCUT2D eigenvalue weighted by atomic mass is 127. The molecule has 0 bridgehead atoms. The number of amides is 1. The van der Waals surface area contributed by atoms with E-state index in [1.807, 2.05) is 12.1 Å². The highest BCUT2D eigenvalue weighted by Crippen LogP contribution is 2.22. The predicted molar refractivity (Wildman–Crippen MR) is 124 cm³/mol. The van der Waals surface area contributed by atoms with Crippen LogP contribution in [0.2, 0.25) is 0 Å². The molecule has 0 aliphatic carbocycles. The molecule has 1 amide bonds. The van der Waals surface area contributed by atoms with Crippen molar-refractivity contribution >= 4 is 41.5 Å². The Balaban J connectivity index is 0.00000392. The van der Waals surface area contributed by atoms with Crippen molar-refractivity contribution < 1.29 is 9.18 Å². The van der Waals surface area contributed by atoms with Crippen LogP contribution in [0.5, 0.6) is 0 Å². The number of likely N-dealkylation sites (N-methyl/N-ethyl adjacent to an activating group) is 1. The lowest BCUT2D eigenvalue weighted by Crippen LogP contribution is -2.51. The Morgan fingerprint density at radius 2 is 2.11 bits per heavy atom. The maximum atomic E-state index is 14.1. The number of aliphatic imine (C=N–C) groups is 1. The number of unbranched alkanes of at least 4 members (excludes halogenated alkanes) is 1. The number of anilines is 1. The van der Waals surface area contributed by atoms with Gasteiger partial charge >= 0.3 is 0 Å². The fourth-order valence-electron chi connectivity index (χ4n) is 3.04. The average Bonchev–Trinajstić information content (AvgIpc) is 2.66. The van der Waals surface area contributed by atoms with E-state index in [-0.39, 0.29) is 48.3 Å². The smallest absolute Gasteiger partial charge is 0.243 e. The van der Waals surface area contributed by atoms with Crippen LogP contribution < -0.4 is 15.5 Å². The number of halogens is 2. The molecule has 6 nitrogen and oxygen atoms in total. The largest absolute Gasteiger partial charge is 0.367 e. The van der Waals surface area contributed by atoms with Gasteiger partial charge in [-0.15, -0.1) is 24.0 Å². The van der Waals surface area contributed by atoms with E-state index in [1.54, 1.807) is 20.2 Å². The molecule has 0 aromatic heterocycles. The summed E-state index contributed by atoms with van der Waals surface area (Å²) in [6, 6.07) is 7.05. The molecule has 1 aromatic rings. The van der Waals surface area contributed by atoms with Crippen LogP contribution in [-0.2, 0) is 4.79 Å². The first kappa shape index (κ1) is 24.5. The van der Waals surface area contributed by atoms with Crippen molar-refractivity contribution in [1.82, 2.24) is 15.5 Å². The summed E-state index contributed by atoms with van der Waals surface area (Å²) in [6.07, 6.45) is 4.08. The Labute approximate surface area is 185 Å². The zero-order valence-corrected chi connectivity index (χ0v) is 19.4. The Morgan fingerprint density at radius 3 is 2.79 bits per heavy atom. The summed E-state index contributed by atoms with van der Waals surface area (Å²) in [7, 11) is 3.45. The maximum absolute atomic E-state index is 14.1. The zero-order chi connectivity index (χ0) is 19.6. The Hall–Kier alpha value is -1.58. The molecule has 1 fully saturated rings. The van der Waals surface area contributed by atoms with Gasteiger partial charge in [0.25, 0.3) is 0 Å². The molecule has 2 N–H and O–H groups in total. The van der Waals surface area contributed by atoms with Crippen molar-refractivity contribution in [2.75, 3.05) is 45.2 Å². The van der Waals surface area contributed by atoms with Gasteiger partial charge in [0.15, 0.2) is 5.96 Å². The number of benzene rings is 1. The number of carbonyl (C=O) groups excluding carboxylic acids is 1. The standard InChI is InChI=1S/C20H32FN5O.HI/c1-4-5-12-22-20(23-14-19(27)25(2)3)24-16-9-8-13-26(15-16)18-11-7-6-10-17(18)21;/h6-7,10-11,16H,4-5,8-9,12-15H2,1-3H3,(H2,22,23,24);1H. The van der Waals surface area contributed by atoms with Crippen molar-refractivity contribution in [2.45, 2.75) is 38.6 Å². The van der Waals surface area contributed by atoms with Crippen LogP contribution in [0.3, 0.4) is 0 Å². The first-order valence-electron chi connectivity index (χ1n) is 9.75. The summed E-state index contributed by atoms with van der Waals surface area (Å²) in [5.41, 5.74) is 0.643. The lowest BCUT2D eigenvalue weighted by atomic mass is 10.0. The molecule has 1 saturated heterocycles. The Kier molecular flexibility index (Phi) is 11.2. The first-order chi connectivity index (χ1) is 13.0. The van der Waals surface area contributed by atoms with Crippen LogP contribution in [-0.4, -0.2) is 63.1 Å². The number of hydrogen-bond acceptors (Lipinski definition) is 3. The molecule has 0 radical (unpaired) electrons. The number of hydrogen-bond donors (Lipinski definition) is 2. The third-order valence-electron chi connectivity index (χ3n) is 4.65. The molecule has 1 aliphatic rings. The first-order valence-corrected chi connectivity index (χ1v) is 9.75. The molecule has 0 spiro atoms. The third-order valence-corrected chi connectivity index (χ3v) is 4.65. The van der Waals surface area contributed by atoms with Gasteiger partial charge in [-0.3, -0.25) is 4.79 Å². The highest BCUT2D eigenvalue weighted by Gasteiger charge is 2.22. The SMILES string of the molecule is CCCCNC(=NCC(=O)N(C)C)NC1CCCN(c2ccccc2F)C1.I. The quantitative estimate of drug-likeness (QED) is 0.259. The number of para-hydroxylation sites is 1. The second-order valence-electron chi connectivity index (χ2n) is 7.11. The lowest BCUT2D eigenvalue weighted by Gasteiger charge is -2.35. The van der Waals surface area contributed by atoms with Crippen LogP contribution in [0.1, 0.15) is 32.6 Å². The van der Waals surface area contributed by atoms with Crippen molar-refractivity contribution in [3.05, 3.63) is 30.1 Å². The fourth-order valence-corrected chi connectivity index (χ4v) is 3.04. The lowest BCUT2D eigenvalue weighted by molar-refractivity contribution is -0.127. The number of nitrogens with one attached hydrogen (secondary N) is 2. The maximum Gasteiger partial charge on any atom is 0.243 e. The van der Waals surface area contributed by atoms with Gasteiger partial charge in [0.2, 0.25) is 5.91 Å². The van der Waals surface area contributed by atoms with E-state index in [2.05, 4.69) is 27.4 Å². The molecule has 2 rings (SSSR count). The van der Waals surface area contributed by atoms with Gasteiger partial charge in [0, 0.05) is 39.8 Å². The van der Waals surface area contributed by atoms with Gasteiger partial charge in [0.1, 0.15) is 12.4 Å². The van der Waals surface area contributed by atoms with Gasteiger partial charge in [-0.05, 0) is 31.4 Å². The number of guanidine groups is 1. The van der Waals surface area contributed by atoms with E-state index in [4.69, 9.17) is 0 Å². The van der Waals surface area contributed by atoms with Crippen molar-refractivity contribution in [1.29, 1.82) is 0 Å². The molecule has 158 valence electrons. The van der Waals surface area contributed by atoms with Crippen LogP contribution in [0.25, 0.3) is 0 Å². The summed E-state index contributed by atoms with van der Waals surface area (Å²) < 4.78 is 14.1. The summed E-state index contributed by atoms with van der Waals surface area (Å²) in [4.78, 5) is 19.9. The van der Waals surface area contributed by atoms with Crippen LogP contribution in [0, 0.1) is 5.82 Å². The minimum Gasteiger partial charge on any atom is -0.367 e. The van der Waals surface area contributed by atoms with Crippen LogP contribution in [0.4, 0.5) is 10.1 Å². The number of rotatable bonds is 7.